The Bertz CT molecular complexity index is 2150. The summed E-state index contributed by atoms with van der Waals surface area (Å²) in [6, 6.07) is 4.13. The molecule has 1 saturated carbocycles. The molecule has 4 aromatic rings. The van der Waals surface area contributed by atoms with Crippen LogP contribution in [0.5, 0.6) is 17.5 Å². The van der Waals surface area contributed by atoms with E-state index in [1.165, 1.54) is 0 Å². The average Bonchev–Trinajstić information content (AvgIpc) is 3.61. The van der Waals surface area contributed by atoms with Gasteiger partial charge in [-0.25, -0.2) is 13.8 Å². The van der Waals surface area contributed by atoms with Crippen LogP contribution in [-0.4, -0.2) is 94.7 Å². The second kappa shape index (κ2) is 12.6. The molecule has 18 heteroatoms. The van der Waals surface area contributed by atoms with Gasteiger partial charge in [-0.3, -0.25) is 9.64 Å². The zero-order chi connectivity index (χ0) is 37.7. The quantitative estimate of drug-likeness (QED) is 0.187. The maximum atomic E-state index is 17.1. The number of nitrogens with one attached hydrogen (secondary N) is 1. The fourth-order valence-electron chi connectivity index (χ4n) is 8.85. The number of pyridine rings is 1. The molecule has 4 atom stereocenters. The summed E-state index contributed by atoms with van der Waals surface area (Å²) in [4.78, 5) is 18.0. The highest BCUT2D eigenvalue weighted by Crippen LogP contribution is 2.49. The third-order valence-corrected chi connectivity index (χ3v) is 11.4. The average molecular weight is 767 g/mol. The van der Waals surface area contributed by atoms with Gasteiger partial charge in [0, 0.05) is 60.7 Å². The number of likely N-dealkylation sites (tertiary alicyclic amines) is 1. The summed E-state index contributed by atoms with van der Waals surface area (Å²) in [6.45, 7) is 1.70. The SMILES string of the molecule is Oc1cc(-c2nc3c4c(nc(OCC5(CN6CC[C@H](OC(F)(F)F)C6)CC5)nc4c2F)N2C[C@H]4CC[C@H](N4)[C@H]2CC3)c2c(OC(F)(F)F)c(F)ccc2c1. The van der Waals surface area contributed by atoms with E-state index < -0.39 is 53.0 Å². The van der Waals surface area contributed by atoms with E-state index in [1.54, 1.807) is 0 Å². The largest absolute Gasteiger partial charge is 0.573 e. The summed E-state index contributed by atoms with van der Waals surface area (Å²) in [6.07, 6.45) is -6.45. The first-order valence-corrected chi connectivity index (χ1v) is 17.9. The van der Waals surface area contributed by atoms with Crippen LogP contribution in [0.1, 0.15) is 44.2 Å². The summed E-state index contributed by atoms with van der Waals surface area (Å²) < 4.78 is 126. The van der Waals surface area contributed by atoms with Crippen molar-refractivity contribution >= 4 is 27.5 Å². The molecule has 1 aliphatic carbocycles. The molecule has 6 heterocycles. The Kier molecular flexibility index (Phi) is 8.28. The second-order valence-corrected chi connectivity index (χ2v) is 15.1. The highest BCUT2D eigenvalue weighted by atomic mass is 19.4. The van der Waals surface area contributed by atoms with Crippen molar-refractivity contribution in [2.24, 2.45) is 5.41 Å². The molecule has 0 spiro atoms. The highest BCUT2D eigenvalue weighted by molar-refractivity contribution is 6.04. The van der Waals surface area contributed by atoms with E-state index in [0.29, 0.717) is 49.4 Å². The molecule has 2 aromatic heterocycles. The van der Waals surface area contributed by atoms with Gasteiger partial charge in [-0.15, -0.1) is 26.3 Å². The second-order valence-electron chi connectivity index (χ2n) is 15.1. The smallest absolute Gasteiger partial charge is 0.508 e. The maximum Gasteiger partial charge on any atom is 0.573 e. The lowest BCUT2D eigenvalue weighted by Crippen LogP contribution is -2.58. The molecule has 2 N–H and O–H groups in total. The minimum absolute atomic E-state index is 0.0466. The van der Waals surface area contributed by atoms with E-state index >= 15 is 8.78 Å². The number of rotatable bonds is 8. The molecule has 288 valence electrons. The molecule has 5 aliphatic rings. The van der Waals surface area contributed by atoms with Crippen LogP contribution in [0.25, 0.3) is 32.9 Å². The van der Waals surface area contributed by atoms with E-state index in [9.17, 15) is 31.4 Å². The number of piperazine rings is 1. The number of fused-ring (bicyclic) bond motifs is 6. The topological polar surface area (TPSA) is 105 Å². The third kappa shape index (κ3) is 6.59. The van der Waals surface area contributed by atoms with Crippen molar-refractivity contribution in [1.29, 1.82) is 0 Å². The molecule has 2 aromatic carbocycles. The number of aromatic hydroxyl groups is 1. The van der Waals surface area contributed by atoms with E-state index in [1.807, 2.05) is 4.90 Å². The van der Waals surface area contributed by atoms with Crippen LogP contribution >= 0.6 is 0 Å². The van der Waals surface area contributed by atoms with E-state index in [-0.39, 0.29) is 65.6 Å². The molecule has 10 nitrogen and oxygen atoms in total. The predicted molar refractivity (Wildman–Crippen MR) is 177 cm³/mol. The van der Waals surface area contributed by atoms with Gasteiger partial charge in [-0.05, 0) is 68.5 Å². The van der Waals surface area contributed by atoms with Crippen LogP contribution in [0, 0.1) is 17.0 Å². The summed E-state index contributed by atoms with van der Waals surface area (Å²) in [5.74, 6) is -3.60. The minimum atomic E-state index is -5.29. The number of aryl methyl sites for hydroxylation is 1. The molecule has 2 bridgehead atoms. The number of hydrogen-bond donors (Lipinski definition) is 2. The molecule has 3 saturated heterocycles. The molecule has 4 fully saturated rings. The Balaban J connectivity index is 1.13. The summed E-state index contributed by atoms with van der Waals surface area (Å²) in [5.41, 5.74) is -1.01. The lowest BCUT2D eigenvalue weighted by atomic mass is 9.97. The number of hydrogen-bond acceptors (Lipinski definition) is 10. The number of phenolic OH excluding ortho intramolecular Hbond substituents is 1. The molecular weight excluding hydrogens is 732 g/mol. The van der Waals surface area contributed by atoms with Crippen molar-refractivity contribution in [3.63, 3.8) is 0 Å². The standard InChI is InChI=1S/C36H34F8N6O4/c37-22-3-1-17-11-19(51)12-21(26(17)31(22)54-36(42,43)44)29-28(38)30-27-24(46-29)5-6-25-23-4-2-18(45-23)13-50(25)32(27)48-33(47-30)52-16-34(8-9-34)15-49-10-7-20(14-49)53-35(39,40)41/h1,3,11-12,18,20,23,25,45,51H,2,4-10,13-16H2/t18-,20+,23+,25-/m1/s1. The zero-order valence-electron chi connectivity index (χ0n) is 28.5. The Morgan fingerprint density at radius 1 is 0.926 bits per heavy atom. The molecule has 0 radical (unpaired) electrons. The Morgan fingerprint density at radius 3 is 2.50 bits per heavy atom. The lowest BCUT2D eigenvalue weighted by molar-refractivity contribution is -0.340. The molecule has 0 amide bonds. The van der Waals surface area contributed by atoms with Gasteiger partial charge < -0.3 is 24.8 Å². The number of halogens is 8. The Hall–Kier alpha value is -4.29. The molecule has 4 aliphatic heterocycles. The zero-order valence-corrected chi connectivity index (χ0v) is 28.5. The molecule has 0 unspecified atom stereocenters. The molecule has 9 rings (SSSR count). The molecular formula is C36H34F8N6O4. The Morgan fingerprint density at radius 2 is 1.74 bits per heavy atom. The summed E-state index contributed by atoms with van der Waals surface area (Å²) >= 11 is 0. The van der Waals surface area contributed by atoms with Gasteiger partial charge in [0.25, 0.3) is 0 Å². The monoisotopic (exact) mass is 766 g/mol. The van der Waals surface area contributed by atoms with Crippen LogP contribution in [0.4, 0.5) is 40.9 Å². The lowest BCUT2D eigenvalue weighted by Gasteiger charge is -2.41. The molecule has 54 heavy (non-hydrogen) atoms. The van der Waals surface area contributed by atoms with Crippen molar-refractivity contribution in [3.8, 4) is 28.8 Å². The van der Waals surface area contributed by atoms with Crippen LogP contribution in [0.3, 0.4) is 0 Å². The summed E-state index contributed by atoms with van der Waals surface area (Å²) in [7, 11) is 0. The van der Waals surface area contributed by atoms with E-state index in [0.717, 1.165) is 49.9 Å². The number of phenols is 1. The normalized spacial score (nSPS) is 24.9. The number of nitrogens with zero attached hydrogens (tertiary/aromatic N) is 5. The fraction of sp³-hybridized carbons (Fsp3) is 0.528. The van der Waals surface area contributed by atoms with Gasteiger partial charge in [0.15, 0.2) is 17.4 Å². The first-order chi connectivity index (χ1) is 25.6. The van der Waals surface area contributed by atoms with Gasteiger partial charge in [0.2, 0.25) is 0 Å². The van der Waals surface area contributed by atoms with Gasteiger partial charge in [-0.2, -0.15) is 9.97 Å². The maximum absolute atomic E-state index is 17.1. The third-order valence-electron chi connectivity index (χ3n) is 11.4. The van der Waals surface area contributed by atoms with Crippen LogP contribution < -0.4 is 19.7 Å². The van der Waals surface area contributed by atoms with Crippen LogP contribution in [0.15, 0.2) is 24.3 Å². The van der Waals surface area contributed by atoms with Crippen molar-refractivity contribution in [2.75, 3.05) is 37.7 Å². The number of anilines is 1. The van der Waals surface area contributed by atoms with Crippen molar-refractivity contribution in [1.82, 2.24) is 25.2 Å². The van der Waals surface area contributed by atoms with E-state index in [4.69, 9.17) is 9.72 Å². The summed E-state index contributed by atoms with van der Waals surface area (Å²) in [5, 5.41) is 14.1. The number of benzene rings is 2. The van der Waals surface area contributed by atoms with Gasteiger partial charge in [-0.1, -0.05) is 6.07 Å². The first-order valence-electron chi connectivity index (χ1n) is 17.9. The fourth-order valence-corrected chi connectivity index (χ4v) is 8.85. The van der Waals surface area contributed by atoms with Gasteiger partial charge in [0.05, 0.1) is 23.8 Å². The predicted octanol–water partition coefficient (Wildman–Crippen LogP) is 6.75. The van der Waals surface area contributed by atoms with Crippen molar-refractivity contribution < 1.29 is 54.4 Å². The van der Waals surface area contributed by atoms with Crippen molar-refractivity contribution in [2.45, 2.75) is 81.9 Å². The highest BCUT2D eigenvalue weighted by Gasteiger charge is 2.48. The Labute approximate surface area is 302 Å². The van der Waals surface area contributed by atoms with Crippen LogP contribution in [-0.2, 0) is 11.2 Å². The minimum Gasteiger partial charge on any atom is -0.508 e. The van der Waals surface area contributed by atoms with E-state index in [2.05, 4.69) is 29.7 Å². The number of alkyl halides is 6. The number of aromatic nitrogens is 3. The first kappa shape index (κ1) is 35.4. The van der Waals surface area contributed by atoms with Crippen molar-refractivity contribution in [3.05, 3.63) is 41.6 Å². The number of ether oxygens (including phenoxy) is 3. The van der Waals surface area contributed by atoms with Gasteiger partial charge >= 0.3 is 18.7 Å². The van der Waals surface area contributed by atoms with Crippen LogP contribution in [0.2, 0.25) is 0 Å². The van der Waals surface area contributed by atoms with Gasteiger partial charge in [0.1, 0.15) is 22.8 Å².